The zero-order chi connectivity index (χ0) is 20.3. The summed E-state index contributed by atoms with van der Waals surface area (Å²) in [5.41, 5.74) is 5.33. The van der Waals surface area contributed by atoms with E-state index in [1.807, 2.05) is 13.8 Å². The Balaban J connectivity index is 0. The van der Waals surface area contributed by atoms with Crippen molar-refractivity contribution in [1.29, 1.82) is 0 Å². The molecule has 160 valence electrons. The van der Waals surface area contributed by atoms with E-state index in [-0.39, 0.29) is 6.23 Å². The van der Waals surface area contributed by atoms with Crippen LogP contribution in [0.4, 0.5) is 0 Å². The van der Waals surface area contributed by atoms with Crippen LogP contribution in [0.2, 0.25) is 18.6 Å². The summed E-state index contributed by atoms with van der Waals surface area (Å²) < 4.78 is 21.9. The number of hydrogen-bond donors (Lipinski definition) is 3. The number of nitrogens with one attached hydrogen (secondary N) is 1. The van der Waals surface area contributed by atoms with Crippen LogP contribution in [-0.4, -0.2) is 75.5 Å². The summed E-state index contributed by atoms with van der Waals surface area (Å²) in [6.07, 6.45) is 3.40. The lowest BCUT2D eigenvalue weighted by Crippen LogP contribution is -2.45. The van der Waals surface area contributed by atoms with E-state index in [2.05, 4.69) is 18.8 Å². The maximum atomic E-state index is 9.15. The molecule has 9 heteroatoms. The van der Waals surface area contributed by atoms with Gasteiger partial charge in [-0.1, -0.05) is 19.8 Å². The molecule has 0 amide bonds. The third-order valence-corrected chi connectivity index (χ3v) is 10.2. The molecule has 0 atom stereocenters. The highest BCUT2D eigenvalue weighted by molar-refractivity contribution is 6.67. The van der Waals surface area contributed by atoms with Crippen molar-refractivity contribution in [2.45, 2.75) is 58.7 Å². The summed E-state index contributed by atoms with van der Waals surface area (Å²) in [6.45, 7) is 12.4. The summed E-state index contributed by atoms with van der Waals surface area (Å²) in [6, 6.07) is 1.93. The van der Waals surface area contributed by atoms with Crippen LogP contribution in [0, 0.1) is 0 Å². The molecule has 7 nitrogen and oxygen atoms in total. The highest BCUT2D eigenvalue weighted by Gasteiger charge is 2.33. The molecule has 0 spiro atoms. The molecule has 0 radical (unpaired) electrons. The van der Waals surface area contributed by atoms with Gasteiger partial charge in [-0.2, -0.15) is 0 Å². The first kappa shape index (κ1) is 28.4. The van der Waals surface area contributed by atoms with Gasteiger partial charge < -0.3 is 33.9 Å². The van der Waals surface area contributed by atoms with E-state index in [0.717, 1.165) is 44.8 Å². The van der Waals surface area contributed by atoms with Crippen LogP contribution >= 0.6 is 0 Å². The minimum atomic E-state index is -2.29. The SMILES string of the molecule is CCCC[Si](C)(OCC)OCC.CO[Si](CO)(CCCNCCN)OC. The van der Waals surface area contributed by atoms with E-state index in [4.69, 9.17) is 28.5 Å². The summed E-state index contributed by atoms with van der Waals surface area (Å²) in [5, 5.41) is 12.3. The predicted octanol–water partition coefficient (Wildman–Crippen LogP) is 2.12. The Bertz CT molecular complexity index is 284. The highest BCUT2D eigenvalue weighted by Crippen LogP contribution is 2.16. The van der Waals surface area contributed by atoms with Gasteiger partial charge in [0, 0.05) is 40.5 Å². The summed E-state index contributed by atoms with van der Waals surface area (Å²) in [7, 11) is -0.871. The summed E-state index contributed by atoms with van der Waals surface area (Å²) in [4.78, 5) is 0. The second-order valence-corrected chi connectivity index (χ2v) is 13.0. The molecular formula is C17H44N2O5Si2. The average Bonchev–Trinajstić information content (AvgIpc) is 2.65. The minimum absolute atomic E-state index is 0.0108. The standard InChI is InChI=1S/C9H22O2Si.C8H22N2O3Si/c1-5-8-9-12(4,10-6-2)11-7-3;1-12-14(8-11,13-2)7-3-5-10-6-4-9/h5-9H2,1-4H3;10-11H,3-9H2,1-2H3. The van der Waals surface area contributed by atoms with Gasteiger partial charge in [0.25, 0.3) is 0 Å². The Morgan fingerprint density at radius 1 is 0.923 bits per heavy atom. The third-order valence-electron chi connectivity index (χ3n) is 4.10. The van der Waals surface area contributed by atoms with Gasteiger partial charge in [0.05, 0.1) is 6.23 Å². The van der Waals surface area contributed by atoms with Gasteiger partial charge in [0.15, 0.2) is 0 Å². The normalized spacial score (nSPS) is 12.0. The number of rotatable bonds is 16. The largest absolute Gasteiger partial charge is 0.396 e. The second kappa shape index (κ2) is 18.5. The molecule has 0 aliphatic heterocycles. The molecule has 0 rings (SSSR count). The fraction of sp³-hybridized carbons (Fsp3) is 1.00. The van der Waals surface area contributed by atoms with Crippen molar-refractivity contribution in [3.05, 3.63) is 0 Å². The Morgan fingerprint density at radius 2 is 1.50 bits per heavy atom. The van der Waals surface area contributed by atoms with E-state index in [1.54, 1.807) is 14.2 Å². The fourth-order valence-corrected chi connectivity index (χ4v) is 6.80. The second-order valence-electron chi connectivity index (χ2n) is 6.22. The van der Waals surface area contributed by atoms with Gasteiger partial charge in [0.1, 0.15) is 0 Å². The first-order valence-electron chi connectivity index (χ1n) is 9.82. The molecule has 0 aromatic carbocycles. The van der Waals surface area contributed by atoms with Crippen LogP contribution in [0.3, 0.4) is 0 Å². The number of aliphatic hydroxyl groups excluding tert-OH is 1. The van der Waals surface area contributed by atoms with Crippen molar-refractivity contribution >= 4 is 17.1 Å². The fourth-order valence-electron chi connectivity index (χ4n) is 2.50. The zero-order valence-electron chi connectivity index (χ0n) is 17.9. The highest BCUT2D eigenvalue weighted by atomic mass is 28.4. The molecule has 0 heterocycles. The number of aliphatic hydroxyl groups is 1. The molecule has 0 saturated heterocycles. The van der Waals surface area contributed by atoms with Crippen LogP contribution in [0.5, 0.6) is 0 Å². The number of unbranched alkanes of at least 4 members (excludes halogenated alkanes) is 1. The molecule has 0 bridgehead atoms. The lowest BCUT2D eigenvalue weighted by Gasteiger charge is -2.25. The Labute approximate surface area is 163 Å². The molecule has 0 unspecified atom stereocenters. The molecular weight excluding hydrogens is 368 g/mol. The van der Waals surface area contributed by atoms with Crippen LogP contribution < -0.4 is 11.1 Å². The lowest BCUT2D eigenvalue weighted by atomic mass is 10.4. The summed E-state index contributed by atoms with van der Waals surface area (Å²) in [5.74, 6) is 0. The molecule has 0 aromatic rings. The average molecular weight is 413 g/mol. The maximum Gasteiger partial charge on any atom is 0.364 e. The monoisotopic (exact) mass is 412 g/mol. The van der Waals surface area contributed by atoms with Gasteiger partial charge in [0.2, 0.25) is 0 Å². The van der Waals surface area contributed by atoms with Crippen molar-refractivity contribution in [2.24, 2.45) is 5.73 Å². The van der Waals surface area contributed by atoms with Crippen molar-refractivity contribution in [3.63, 3.8) is 0 Å². The van der Waals surface area contributed by atoms with Gasteiger partial charge in [-0.25, -0.2) is 0 Å². The van der Waals surface area contributed by atoms with Crippen LogP contribution in [0.15, 0.2) is 0 Å². The first-order valence-corrected chi connectivity index (χ1v) is 14.6. The van der Waals surface area contributed by atoms with E-state index in [1.165, 1.54) is 12.8 Å². The Hall–Kier alpha value is 0.154. The molecule has 0 aliphatic rings. The quantitative estimate of drug-likeness (QED) is 0.264. The lowest BCUT2D eigenvalue weighted by molar-refractivity contribution is 0.188. The maximum absolute atomic E-state index is 9.15. The van der Waals surface area contributed by atoms with Crippen LogP contribution in [-0.2, 0) is 17.7 Å². The molecule has 0 aromatic heterocycles. The van der Waals surface area contributed by atoms with Crippen LogP contribution in [0.1, 0.15) is 40.0 Å². The zero-order valence-corrected chi connectivity index (χ0v) is 19.9. The Kier molecular flexibility index (Phi) is 20.2. The smallest absolute Gasteiger partial charge is 0.364 e. The third kappa shape index (κ3) is 14.2. The topological polar surface area (TPSA) is 95.2 Å². The van der Waals surface area contributed by atoms with Gasteiger partial charge in [-0.05, 0) is 45.4 Å². The van der Waals surface area contributed by atoms with Crippen LogP contribution in [0.25, 0.3) is 0 Å². The molecule has 0 fully saturated rings. The van der Waals surface area contributed by atoms with Crippen molar-refractivity contribution in [3.8, 4) is 0 Å². The van der Waals surface area contributed by atoms with Crippen molar-refractivity contribution < 1.29 is 22.8 Å². The molecule has 26 heavy (non-hydrogen) atoms. The number of nitrogens with two attached hydrogens (primary N) is 1. The predicted molar refractivity (Wildman–Crippen MR) is 113 cm³/mol. The first-order chi connectivity index (χ1) is 12.4. The van der Waals surface area contributed by atoms with E-state index in [0.29, 0.717) is 6.54 Å². The van der Waals surface area contributed by atoms with E-state index < -0.39 is 17.1 Å². The molecule has 4 N–H and O–H groups in total. The van der Waals surface area contributed by atoms with Gasteiger partial charge in [-0.3, -0.25) is 0 Å². The van der Waals surface area contributed by atoms with Crippen molar-refractivity contribution in [1.82, 2.24) is 5.32 Å². The van der Waals surface area contributed by atoms with Crippen molar-refractivity contribution in [2.75, 3.05) is 53.3 Å². The number of hydrogen-bond acceptors (Lipinski definition) is 7. The molecule has 0 aliphatic carbocycles. The summed E-state index contributed by atoms with van der Waals surface area (Å²) >= 11 is 0. The van der Waals surface area contributed by atoms with E-state index >= 15 is 0 Å². The van der Waals surface area contributed by atoms with Gasteiger partial charge in [-0.15, -0.1) is 0 Å². The van der Waals surface area contributed by atoms with Gasteiger partial charge >= 0.3 is 17.1 Å². The molecule has 0 saturated carbocycles. The van der Waals surface area contributed by atoms with E-state index in [9.17, 15) is 0 Å². The Morgan fingerprint density at radius 3 is 1.88 bits per heavy atom. The minimum Gasteiger partial charge on any atom is -0.396 e.